The Labute approximate surface area is 181 Å². The van der Waals surface area contributed by atoms with Gasteiger partial charge in [-0.15, -0.1) is 0 Å². The summed E-state index contributed by atoms with van der Waals surface area (Å²) < 4.78 is 5.61. The third-order valence-electron chi connectivity index (χ3n) is 7.21. The molecule has 0 bridgehead atoms. The molecule has 1 heterocycles. The molecule has 1 saturated heterocycles. The van der Waals surface area contributed by atoms with Crippen LogP contribution in [0.4, 0.5) is 5.69 Å². The first-order valence-electron chi connectivity index (χ1n) is 11.7. The zero-order valence-electron chi connectivity index (χ0n) is 19.1. The van der Waals surface area contributed by atoms with Crippen LogP contribution in [0.15, 0.2) is 24.3 Å². The number of carbonyl (C=O) groups excluding carboxylic acids is 2. The molecule has 0 unspecified atom stereocenters. The van der Waals surface area contributed by atoms with Crippen molar-refractivity contribution in [3.05, 3.63) is 24.3 Å². The van der Waals surface area contributed by atoms with Crippen LogP contribution in [0.1, 0.15) is 72.6 Å². The van der Waals surface area contributed by atoms with Crippen molar-refractivity contribution in [1.82, 2.24) is 5.32 Å². The van der Waals surface area contributed by atoms with Gasteiger partial charge in [0.25, 0.3) is 0 Å². The first-order valence-corrected chi connectivity index (χ1v) is 11.7. The van der Waals surface area contributed by atoms with Gasteiger partial charge in [0.05, 0.1) is 12.5 Å². The Bertz CT molecular complexity index is 720. The monoisotopic (exact) mass is 414 g/mol. The van der Waals surface area contributed by atoms with Crippen LogP contribution in [0.25, 0.3) is 0 Å². The third-order valence-corrected chi connectivity index (χ3v) is 7.21. The zero-order valence-corrected chi connectivity index (χ0v) is 19.1. The highest BCUT2D eigenvalue weighted by molar-refractivity contribution is 6.00. The minimum Gasteiger partial charge on any atom is -0.494 e. The molecule has 166 valence electrons. The summed E-state index contributed by atoms with van der Waals surface area (Å²) in [6, 6.07) is 7.84. The number of nitrogens with one attached hydrogen (secondary N) is 1. The first kappa shape index (κ1) is 22.6. The van der Waals surface area contributed by atoms with Gasteiger partial charge in [-0.1, -0.05) is 34.1 Å². The van der Waals surface area contributed by atoms with Crippen LogP contribution in [0.3, 0.4) is 0 Å². The number of nitrogens with zero attached hydrogens (tertiary/aromatic N) is 1. The van der Waals surface area contributed by atoms with E-state index in [4.69, 9.17) is 4.74 Å². The van der Waals surface area contributed by atoms with Gasteiger partial charge < -0.3 is 15.0 Å². The van der Waals surface area contributed by atoms with E-state index in [-0.39, 0.29) is 30.2 Å². The Morgan fingerprint density at radius 1 is 1.13 bits per heavy atom. The van der Waals surface area contributed by atoms with E-state index in [2.05, 4.69) is 33.0 Å². The molecular weight excluding hydrogens is 376 g/mol. The number of carbonyl (C=O) groups is 2. The molecular formula is C25H38N2O3. The van der Waals surface area contributed by atoms with Crippen molar-refractivity contribution in [1.29, 1.82) is 0 Å². The van der Waals surface area contributed by atoms with Gasteiger partial charge in [-0.3, -0.25) is 9.59 Å². The highest BCUT2D eigenvalue weighted by Gasteiger charge is 2.37. The van der Waals surface area contributed by atoms with Crippen molar-refractivity contribution >= 4 is 17.5 Å². The van der Waals surface area contributed by atoms with Crippen molar-refractivity contribution in [3.63, 3.8) is 0 Å². The second-order valence-electron chi connectivity index (χ2n) is 9.65. The second-order valence-corrected chi connectivity index (χ2v) is 9.65. The average molecular weight is 415 g/mol. The van der Waals surface area contributed by atoms with Gasteiger partial charge in [-0.2, -0.15) is 0 Å². The van der Waals surface area contributed by atoms with Gasteiger partial charge in [0, 0.05) is 24.7 Å². The lowest BCUT2D eigenvalue weighted by Crippen LogP contribution is -2.43. The highest BCUT2D eigenvalue weighted by Crippen LogP contribution is 2.40. The number of amides is 2. The van der Waals surface area contributed by atoms with E-state index in [9.17, 15) is 9.59 Å². The Hall–Kier alpha value is -2.04. The SMILES string of the molecule is CCCOc1ccc(N2C[C@H](C(=O)NC3CCC(C(C)(C)CC)CC3)CC2=O)cc1. The summed E-state index contributed by atoms with van der Waals surface area (Å²) in [7, 11) is 0. The summed E-state index contributed by atoms with van der Waals surface area (Å²) in [4.78, 5) is 27.1. The molecule has 0 aromatic heterocycles. The molecule has 2 amide bonds. The number of benzene rings is 1. The standard InChI is InChI=1S/C25H38N2O3/c1-5-15-30-22-13-11-21(12-14-22)27-17-18(16-23(27)28)24(29)26-20-9-7-19(8-10-20)25(3,4)6-2/h11-14,18-20H,5-10,15-17H2,1-4H3,(H,26,29)/t18-,19?,20?/m1/s1. The molecule has 5 heteroatoms. The molecule has 1 aliphatic carbocycles. The minimum absolute atomic E-state index is 0.0192. The molecule has 0 radical (unpaired) electrons. The molecule has 1 aliphatic heterocycles. The summed E-state index contributed by atoms with van der Waals surface area (Å²) in [6.07, 6.45) is 6.88. The van der Waals surface area contributed by atoms with Gasteiger partial charge in [-0.25, -0.2) is 0 Å². The molecule has 1 saturated carbocycles. The molecule has 0 spiro atoms. The van der Waals surface area contributed by atoms with Crippen LogP contribution in [0.5, 0.6) is 5.75 Å². The second kappa shape index (κ2) is 9.84. The van der Waals surface area contributed by atoms with E-state index < -0.39 is 0 Å². The van der Waals surface area contributed by atoms with E-state index in [0.29, 0.717) is 18.6 Å². The van der Waals surface area contributed by atoms with Gasteiger partial charge in [-0.05, 0) is 67.7 Å². The van der Waals surface area contributed by atoms with Crippen molar-refractivity contribution in [2.45, 2.75) is 78.7 Å². The largest absolute Gasteiger partial charge is 0.494 e. The Morgan fingerprint density at radius 3 is 2.40 bits per heavy atom. The van der Waals surface area contributed by atoms with Gasteiger partial charge in [0.2, 0.25) is 11.8 Å². The number of hydrogen-bond acceptors (Lipinski definition) is 3. The number of rotatable bonds is 8. The van der Waals surface area contributed by atoms with E-state index in [1.54, 1.807) is 4.90 Å². The predicted octanol–water partition coefficient (Wildman–Crippen LogP) is 4.94. The first-order chi connectivity index (χ1) is 14.3. The topological polar surface area (TPSA) is 58.6 Å². The van der Waals surface area contributed by atoms with Crippen LogP contribution in [0, 0.1) is 17.3 Å². The molecule has 2 aliphatic rings. The normalized spacial score (nSPS) is 24.7. The summed E-state index contributed by atoms with van der Waals surface area (Å²) in [5.74, 6) is 1.34. The fourth-order valence-electron chi connectivity index (χ4n) is 4.70. The van der Waals surface area contributed by atoms with E-state index in [1.807, 2.05) is 24.3 Å². The molecule has 1 atom stereocenters. The predicted molar refractivity (Wildman–Crippen MR) is 121 cm³/mol. The molecule has 1 N–H and O–H groups in total. The maximum absolute atomic E-state index is 12.8. The lowest BCUT2D eigenvalue weighted by Gasteiger charge is -2.39. The highest BCUT2D eigenvalue weighted by atomic mass is 16.5. The summed E-state index contributed by atoms with van der Waals surface area (Å²) in [5.41, 5.74) is 1.21. The van der Waals surface area contributed by atoms with Crippen LogP contribution in [-0.2, 0) is 9.59 Å². The maximum atomic E-state index is 12.8. The molecule has 1 aromatic rings. The summed E-state index contributed by atoms with van der Waals surface area (Å²) in [6.45, 7) is 10.2. The lowest BCUT2D eigenvalue weighted by atomic mass is 9.69. The number of ether oxygens (including phenoxy) is 1. The number of hydrogen-bond donors (Lipinski definition) is 1. The van der Waals surface area contributed by atoms with Crippen molar-refractivity contribution in [3.8, 4) is 5.75 Å². The molecule has 30 heavy (non-hydrogen) atoms. The van der Waals surface area contributed by atoms with Crippen LogP contribution in [0.2, 0.25) is 0 Å². The van der Waals surface area contributed by atoms with E-state index >= 15 is 0 Å². The van der Waals surface area contributed by atoms with Gasteiger partial charge >= 0.3 is 0 Å². The van der Waals surface area contributed by atoms with Crippen LogP contribution in [-0.4, -0.2) is 31.0 Å². The van der Waals surface area contributed by atoms with E-state index in [0.717, 1.165) is 36.6 Å². The van der Waals surface area contributed by atoms with Crippen molar-refractivity contribution in [2.75, 3.05) is 18.1 Å². The average Bonchev–Trinajstić information content (AvgIpc) is 3.15. The van der Waals surface area contributed by atoms with Crippen molar-refractivity contribution in [2.24, 2.45) is 17.3 Å². The number of anilines is 1. The smallest absolute Gasteiger partial charge is 0.227 e. The molecule has 3 rings (SSSR count). The fraction of sp³-hybridized carbons (Fsp3) is 0.680. The van der Waals surface area contributed by atoms with Gasteiger partial charge in [0.15, 0.2) is 0 Å². The zero-order chi connectivity index (χ0) is 21.7. The van der Waals surface area contributed by atoms with Crippen molar-refractivity contribution < 1.29 is 14.3 Å². The fourth-order valence-corrected chi connectivity index (χ4v) is 4.70. The third kappa shape index (κ3) is 5.35. The van der Waals surface area contributed by atoms with E-state index in [1.165, 1.54) is 19.3 Å². The Balaban J connectivity index is 1.51. The van der Waals surface area contributed by atoms with Crippen LogP contribution >= 0.6 is 0 Å². The van der Waals surface area contributed by atoms with Crippen LogP contribution < -0.4 is 15.0 Å². The quantitative estimate of drug-likeness (QED) is 0.655. The lowest BCUT2D eigenvalue weighted by molar-refractivity contribution is -0.127. The Morgan fingerprint density at radius 2 is 1.80 bits per heavy atom. The molecule has 1 aromatic carbocycles. The molecule has 2 fully saturated rings. The maximum Gasteiger partial charge on any atom is 0.227 e. The summed E-state index contributed by atoms with van der Waals surface area (Å²) >= 11 is 0. The molecule has 5 nitrogen and oxygen atoms in total. The van der Waals surface area contributed by atoms with Gasteiger partial charge in [0.1, 0.15) is 5.75 Å². The Kier molecular flexibility index (Phi) is 7.43. The summed E-state index contributed by atoms with van der Waals surface area (Å²) in [5, 5.41) is 3.24. The minimum atomic E-state index is -0.265.